The van der Waals surface area contributed by atoms with Crippen molar-refractivity contribution in [3.8, 4) is 0 Å². The first-order chi connectivity index (χ1) is 14.3. The van der Waals surface area contributed by atoms with Crippen molar-refractivity contribution < 1.29 is 13.2 Å². The van der Waals surface area contributed by atoms with Crippen molar-refractivity contribution in [2.24, 2.45) is 11.8 Å². The lowest BCUT2D eigenvalue weighted by molar-refractivity contribution is -0.120. The monoisotopic (exact) mass is 435 g/mol. The van der Waals surface area contributed by atoms with Crippen molar-refractivity contribution in [3.63, 3.8) is 0 Å². The Balaban J connectivity index is 1.39. The highest BCUT2D eigenvalue weighted by Gasteiger charge is 2.26. The molecule has 168 valence electrons. The molecule has 2 aliphatic carbocycles. The molecule has 0 unspecified atom stereocenters. The van der Waals surface area contributed by atoms with Crippen LogP contribution >= 0.6 is 0 Å². The third kappa shape index (κ3) is 6.71. The molecule has 2 saturated carbocycles. The summed E-state index contributed by atoms with van der Waals surface area (Å²) in [7, 11) is -3.19. The topological polar surface area (TPSA) is 87.3 Å². The van der Waals surface area contributed by atoms with Gasteiger partial charge in [-0.2, -0.15) is 0 Å². The molecule has 0 aromatic heterocycles. The van der Waals surface area contributed by atoms with Crippen molar-refractivity contribution in [1.29, 1.82) is 0 Å². The van der Waals surface area contributed by atoms with Crippen LogP contribution in [0.1, 0.15) is 71.6 Å². The molecule has 2 aliphatic rings. The Hall–Kier alpha value is -1.60. The van der Waals surface area contributed by atoms with Gasteiger partial charge in [0, 0.05) is 29.9 Å². The zero-order valence-electron chi connectivity index (χ0n) is 18.3. The van der Waals surface area contributed by atoms with Crippen LogP contribution in [0.5, 0.6) is 0 Å². The molecule has 7 heteroatoms. The van der Waals surface area contributed by atoms with E-state index in [2.05, 4.69) is 15.4 Å². The van der Waals surface area contributed by atoms with E-state index in [1.807, 2.05) is 24.3 Å². The van der Waals surface area contributed by atoms with E-state index < -0.39 is 10.0 Å². The standard InChI is InChI=1S/C23H37N3O3S/c1-17(2)30(28,29)26-22-10-8-18(9-11-22)16-24-20-12-14-21(15-13-20)25-23(27)19-6-4-3-5-7-19/h12-15,17-19,22,24,26H,3-11,16H2,1-2H3,(H,25,27)/t18-,22-. The van der Waals surface area contributed by atoms with E-state index in [0.29, 0.717) is 5.92 Å². The molecule has 1 aromatic rings. The number of sulfonamides is 1. The Morgan fingerprint density at radius 3 is 2.13 bits per heavy atom. The molecular weight excluding hydrogens is 398 g/mol. The number of carbonyl (C=O) groups is 1. The molecule has 1 amide bonds. The van der Waals surface area contributed by atoms with Gasteiger partial charge in [-0.3, -0.25) is 4.79 Å². The summed E-state index contributed by atoms with van der Waals surface area (Å²) in [6.07, 6.45) is 9.41. The van der Waals surface area contributed by atoms with Crippen LogP contribution < -0.4 is 15.4 Å². The van der Waals surface area contributed by atoms with Crippen LogP contribution in [0.2, 0.25) is 0 Å². The van der Waals surface area contributed by atoms with Crippen LogP contribution in [0.25, 0.3) is 0 Å². The molecule has 0 bridgehead atoms. The SMILES string of the molecule is CC(C)S(=O)(=O)N[C@H]1CC[C@H](CNc2ccc(NC(=O)C3CCCCC3)cc2)CC1. The minimum absolute atomic E-state index is 0.0701. The largest absolute Gasteiger partial charge is 0.385 e. The Labute approximate surface area is 181 Å². The second-order valence-electron chi connectivity index (χ2n) is 9.21. The van der Waals surface area contributed by atoms with E-state index in [1.165, 1.54) is 6.42 Å². The van der Waals surface area contributed by atoms with E-state index in [9.17, 15) is 13.2 Å². The van der Waals surface area contributed by atoms with Crippen molar-refractivity contribution in [2.75, 3.05) is 17.2 Å². The fraction of sp³-hybridized carbons (Fsp3) is 0.696. The molecule has 0 heterocycles. The van der Waals surface area contributed by atoms with Crippen LogP contribution in [-0.4, -0.2) is 32.2 Å². The molecule has 0 spiro atoms. The minimum atomic E-state index is -3.19. The lowest BCUT2D eigenvalue weighted by atomic mass is 9.86. The average molecular weight is 436 g/mol. The molecule has 3 rings (SSSR count). The predicted molar refractivity (Wildman–Crippen MR) is 123 cm³/mol. The van der Waals surface area contributed by atoms with Gasteiger partial charge >= 0.3 is 0 Å². The maximum absolute atomic E-state index is 12.4. The number of rotatable bonds is 8. The van der Waals surface area contributed by atoms with Crippen LogP contribution in [-0.2, 0) is 14.8 Å². The van der Waals surface area contributed by atoms with Crippen LogP contribution in [0.4, 0.5) is 11.4 Å². The summed E-state index contributed by atoms with van der Waals surface area (Å²) in [6.45, 7) is 4.31. The number of anilines is 2. The van der Waals surface area contributed by atoms with Crippen molar-refractivity contribution in [2.45, 2.75) is 82.9 Å². The predicted octanol–water partition coefficient (Wildman–Crippen LogP) is 4.50. The van der Waals surface area contributed by atoms with Crippen LogP contribution in [0.3, 0.4) is 0 Å². The fourth-order valence-corrected chi connectivity index (χ4v) is 5.37. The highest BCUT2D eigenvalue weighted by atomic mass is 32.2. The summed E-state index contributed by atoms with van der Waals surface area (Å²) in [5.41, 5.74) is 1.90. The lowest BCUT2D eigenvalue weighted by Crippen LogP contribution is -2.41. The van der Waals surface area contributed by atoms with Gasteiger partial charge in [-0.1, -0.05) is 19.3 Å². The summed E-state index contributed by atoms with van der Waals surface area (Å²) >= 11 is 0. The van der Waals surface area contributed by atoms with Crippen LogP contribution in [0, 0.1) is 11.8 Å². The molecule has 2 fully saturated rings. The van der Waals surface area contributed by atoms with Gasteiger partial charge in [-0.25, -0.2) is 13.1 Å². The summed E-state index contributed by atoms with van der Waals surface area (Å²) in [6, 6.07) is 8.01. The van der Waals surface area contributed by atoms with E-state index in [0.717, 1.165) is 69.3 Å². The molecule has 6 nitrogen and oxygen atoms in total. The molecule has 3 N–H and O–H groups in total. The number of carbonyl (C=O) groups excluding carboxylic acids is 1. The highest BCUT2D eigenvalue weighted by Crippen LogP contribution is 2.27. The summed E-state index contributed by atoms with van der Waals surface area (Å²) in [5, 5.41) is 6.16. The van der Waals surface area contributed by atoms with Gasteiger partial charge in [0.1, 0.15) is 0 Å². The molecule has 0 atom stereocenters. The number of hydrogen-bond acceptors (Lipinski definition) is 4. The lowest BCUT2D eigenvalue weighted by Gasteiger charge is -2.29. The minimum Gasteiger partial charge on any atom is -0.385 e. The average Bonchev–Trinajstić information content (AvgIpc) is 2.74. The zero-order valence-corrected chi connectivity index (χ0v) is 19.1. The number of amides is 1. The van der Waals surface area contributed by atoms with Gasteiger partial charge in [0.15, 0.2) is 0 Å². The number of benzene rings is 1. The number of nitrogens with one attached hydrogen (secondary N) is 3. The second kappa shape index (κ2) is 10.6. The molecule has 0 aliphatic heterocycles. The van der Waals surface area contributed by atoms with E-state index in [1.54, 1.807) is 13.8 Å². The van der Waals surface area contributed by atoms with Crippen molar-refractivity contribution in [3.05, 3.63) is 24.3 Å². The van der Waals surface area contributed by atoms with Crippen LogP contribution in [0.15, 0.2) is 24.3 Å². The Bertz CT molecular complexity index is 778. The Morgan fingerprint density at radius 2 is 1.53 bits per heavy atom. The van der Waals surface area contributed by atoms with Gasteiger partial charge in [0.2, 0.25) is 15.9 Å². The molecule has 0 saturated heterocycles. The second-order valence-corrected chi connectivity index (χ2v) is 11.5. The first-order valence-corrected chi connectivity index (χ1v) is 13.0. The van der Waals surface area contributed by atoms with Crippen molar-refractivity contribution in [1.82, 2.24) is 4.72 Å². The van der Waals surface area contributed by atoms with E-state index in [-0.39, 0.29) is 23.1 Å². The first kappa shape index (κ1) is 23.1. The normalized spacial score (nSPS) is 23.3. The fourth-order valence-electron chi connectivity index (χ4n) is 4.40. The maximum Gasteiger partial charge on any atom is 0.227 e. The maximum atomic E-state index is 12.4. The molecular formula is C23H37N3O3S. The first-order valence-electron chi connectivity index (χ1n) is 11.5. The third-order valence-electron chi connectivity index (χ3n) is 6.52. The zero-order chi connectivity index (χ0) is 21.6. The van der Waals surface area contributed by atoms with Gasteiger partial charge in [-0.15, -0.1) is 0 Å². The number of hydrogen-bond donors (Lipinski definition) is 3. The van der Waals surface area contributed by atoms with Gasteiger partial charge < -0.3 is 10.6 Å². The molecule has 1 aromatic carbocycles. The van der Waals surface area contributed by atoms with E-state index >= 15 is 0 Å². The highest BCUT2D eigenvalue weighted by molar-refractivity contribution is 7.90. The third-order valence-corrected chi connectivity index (χ3v) is 8.42. The van der Waals surface area contributed by atoms with Crippen molar-refractivity contribution >= 4 is 27.3 Å². The van der Waals surface area contributed by atoms with Gasteiger partial charge in [-0.05, 0) is 82.6 Å². The van der Waals surface area contributed by atoms with Gasteiger partial charge in [0.05, 0.1) is 5.25 Å². The summed E-state index contributed by atoms with van der Waals surface area (Å²) in [5.74, 6) is 0.868. The molecule has 30 heavy (non-hydrogen) atoms. The summed E-state index contributed by atoms with van der Waals surface area (Å²) < 4.78 is 26.9. The Kier molecular flexibility index (Phi) is 8.17. The Morgan fingerprint density at radius 1 is 0.933 bits per heavy atom. The smallest absolute Gasteiger partial charge is 0.227 e. The van der Waals surface area contributed by atoms with Gasteiger partial charge in [0.25, 0.3) is 0 Å². The molecule has 0 radical (unpaired) electrons. The van der Waals surface area contributed by atoms with E-state index in [4.69, 9.17) is 0 Å². The quantitative estimate of drug-likeness (QED) is 0.561. The summed E-state index contributed by atoms with van der Waals surface area (Å²) in [4.78, 5) is 12.4.